The van der Waals surface area contributed by atoms with Crippen molar-refractivity contribution in [3.8, 4) is 0 Å². The predicted molar refractivity (Wildman–Crippen MR) is 67.2 cm³/mol. The van der Waals surface area contributed by atoms with Crippen molar-refractivity contribution in [2.24, 2.45) is 0 Å². The first-order valence-electron chi connectivity index (χ1n) is 5.41. The summed E-state index contributed by atoms with van der Waals surface area (Å²) in [6.45, 7) is 2.14. The van der Waals surface area contributed by atoms with Crippen molar-refractivity contribution >= 4 is 11.5 Å². The van der Waals surface area contributed by atoms with Crippen LogP contribution in [0, 0.1) is 17.0 Å². The maximum absolute atomic E-state index is 11.0. The minimum atomic E-state index is -0.423. The van der Waals surface area contributed by atoms with E-state index in [0.29, 0.717) is 12.1 Å². The molecule has 0 aliphatic rings. The molecule has 92 valence electrons. The molecule has 0 fully saturated rings. The van der Waals surface area contributed by atoms with Crippen molar-refractivity contribution in [3.63, 3.8) is 0 Å². The Bertz CT molecular complexity index is 557. The number of hydrogen-bond donors (Lipinski definition) is 1. The first-order valence-corrected chi connectivity index (χ1v) is 5.41. The maximum Gasteiger partial charge on any atom is 0.314 e. The van der Waals surface area contributed by atoms with Crippen molar-refractivity contribution in [1.29, 1.82) is 0 Å². The topological polar surface area (TPSA) is 81.0 Å². The zero-order chi connectivity index (χ0) is 13.0. The lowest BCUT2D eigenvalue weighted by Gasteiger charge is -2.07. The second-order valence-electron chi connectivity index (χ2n) is 3.80. The highest BCUT2D eigenvalue weighted by Crippen LogP contribution is 2.25. The molecule has 0 aromatic carbocycles. The summed E-state index contributed by atoms with van der Waals surface area (Å²) >= 11 is 0. The van der Waals surface area contributed by atoms with Crippen LogP contribution in [-0.2, 0) is 6.54 Å². The number of aryl methyl sites for hydroxylation is 1. The van der Waals surface area contributed by atoms with E-state index in [1.54, 1.807) is 31.6 Å². The van der Waals surface area contributed by atoms with Gasteiger partial charge in [-0.2, -0.15) is 0 Å². The Morgan fingerprint density at radius 2 is 2.22 bits per heavy atom. The van der Waals surface area contributed by atoms with Gasteiger partial charge >= 0.3 is 5.69 Å². The summed E-state index contributed by atoms with van der Waals surface area (Å²) in [6, 6.07) is 5.32. The first kappa shape index (κ1) is 12.0. The molecule has 6 nitrogen and oxygen atoms in total. The molecule has 2 rings (SSSR count). The molecule has 2 heterocycles. The van der Waals surface area contributed by atoms with Gasteiger partial charge in [-0.25, -0.2) is 4.98 Å². The molecular formula is C12H12N4O2. The Morgan fingerprint density at radius 1 is 1.39 bits per heavy atom. The van der Waals surface area contributed by atoms with E-state index in [2.05, 4.69) is 15.3 Å². The molecule has 0 aliphatic heterocycles. The van der Waals surface area contributed by atoms with Crippen LogP contribution >= 0.6 is 0 Å². The largest absolute Gasteiger partial charge is 0.360 e. The normalized spacial score (nSPS) is 10.1. The second kappa shape index (κ2) is 5.22. The van der Waals surface area contributed by atoms with Crippen LogP contribution in [0.5, 0.6) is 0 Å². The van der Waals surface area contributed by atoms with Gasteiger partial charge in [0.15, 0.2) is 0 Å². The molecule has 0 saturated carbocycles. The van der Waals surface area contributed by atoms with E-state index in [4.69, 9.17) is 0 Å². The zero-order valence-corrected chi connectivity index (χ0v) is 9.83. The van der Waals surface area contributed by atoms with E-state index in [1.807, 2.05) is 12.1 Å². The third kappa shape index (κ3) is 2.60. The van der Waals surface area contributed by atoms with Gasteiger partial charge in [0.25, 0.3) is 0 Å². The van der Waals surface area contributed by atoms with Gasteiger partial charge in [-0.3, -0.25) is 15.1 Å². The summed E-state index contributed by atoms with van der Waals surface area (Å²) in [5.74, 6) is 0.281. The standard InChI is InChI=1S/C12H12N4O2/c1-9-4-6-14-12(11(9)16(17)18)15-8-10-3-2-5-13-7-10/h2-7H,8H2,1H3,(H,14,15). The summed E-state index contributed by atoms with van der Waals surface area (Å²) in [6.07, 6.45) is 4.93. The average Bonchev–Trinajstić information content (AvgIpc) is 2.37. The van der Waals surface area contributed by atoms with Crippen LogP contribution in [-0.4, -0.2) is 14.9 Å². The van der Waals surface area contributed by atoms with Crippen LogP contribution < -0.4 is 5.32 Å². The fourth-order valence-corrected chi connectivity index (χ4v) is 1.60. The highest BCUT2D eigenvalue weighted by molar-refractivity contribution is 5.59. The SMILES string of the molecule is Cc1ccnc(NCc2cccnc2)c1[N+](=O)[O-]. The minimum absolute atomic E-state index is 0.0152. The molecule has 0 amide bonds. The van der Waals surface area contributed by atoms with Gasteiger partial charge in [0.1, 0.15) is 0 Å². The molecule has 6 heteroatoms. The van der Waals surface area contributed by atoms with Crippen molar-refractivity contribution in [2.45, 2.75) is 13.5 Å². The number of nitrogens with one attached hydrogen (secondary N) is 1. The quantitative estimate of drug-likeness (QED) is 0.659. The van der Waals surface area contributed by atoms with E-state index in [-0.39, 0.29) is 11.5 Å². The van der Waals surface area contributed by atoms with Crippen molar-refractivity contribution in [3.05, 3.63) is 58.0 Å². The molecular weight excluding hydrogens is 232 g/mol. The van der Waals surface area contributed by atoms with Crippen molar-refractivity contribution < 1.29 is 4.92 Å². The van der Waals surface area contributed by atoms with Crippen LogP contribution in [0.3, 0.4) is 0 Å². The molecule has 0 bridgehead atoms. The number of rotatable bonds is 4. The number of nitro groups is 1. The summed E-state index contributed by atoms with van der Waals surface area (Å²) in [4.78, 5) is 18.5. The maximum atomic E-state index is 11.0. The second-order valence-corrected chi connectivity index (χ2v) is 3.80. The van der Waals surface area contributed by atoms with Gasteiger partial charge in [0.05, 0.1) is 4.92 Å². The Kier molecular flexibility index (Phi) is 3.47. The molecule has 0 atom stereocenters. The van der Waals surface area contributed by atoms with Crippen molar-refractivity contribution in [1.82, 2.24) is 9.97 Å². The van der Waals surface area contributed by atoms with Crippen LogP contribution in [0.4, 0.5) is 11.5 Å². The van der Waals surface area contributed by atoms with Crippen LogP contribution in [0.15, 0.2) is 36.8 Å². The summed E-state index contributed by atoms with van der Waals surface area (Å²) < 4.78 is 0. The highest BCUT2D eigenvalue weighted by Gasteiger charge is 2.17. The number of hydrogen-bond acceptors (Lipinski definition) is 5. The van der Waals surface area contributed by atoms with Gasteiger partial charge < -0.3 is 5.32 Å². The molecule has 0 spiro atoms. The molecule has 2 aromatic rings. The Morgan fingerprint density at radius 3 is 2.89 bits per heavy atom. The lowest BCUT2D eigenvalue weighted by molar-refractivity contribution is -0.384. The van der Waals surface area contributed by atoms with E-state index < -0.39 is 4.92 Å². The number of anilines is 1. The molecule has 0 radical (unpaired) electrons. The highest BCUT2D eigenvalue weighted by atomic mass is 16.6. The first-order chi connectivity index (χ1) is 8.68. The Labute approximate surface area is 104 Å². The van der Waals surface area contributed by atoms with Crippen LogP contribution in [0.1, 0.15) is 11.1 Å². The molecule has 2 aromatic heterocycles. The monoisotopic (exact) mass is 244 g/mol. The average molecular weight is 244 g/mol. The molecule has 0 aliphatic carbocycles. The fourth-order valence-electron chi connectivity index (χ4n) is 1.60. The summed E-state index contributed by atoms with van der Waals surface area (Å²) in [5, 5.41) is 13.9. The Balaban J connectivity index is 2.20. The van der Waals surface area contributed by atoms with Crippen LogP contribution in [0.2, 0.25) is 0 Å². The van der Waals surface area contributed by atoms with Gasteiger partial charge in [-0.15, -0.1) is 0 Å². The third-order valence-electron chi connectivity index (χ3n) is 2.49. The third-order valence-corrected chi connectivity index (χ3v) is 2.49. The summed E-state index contributed by atoms with van der Waals surface area (Å²) in [5.41, 5.74) is 1.54. The van der Waals surface area contributed by atoms with E-state index in [9.17, 15) is 10.1 Å². The zero-order valence-electron chi connectivity index (χ0n) is 9.83. The van der Waals surface area contributed by atoms with E-state index in [0.717, 1.165) is 5.56 Å². The van der Waals surface area contributed by atoms with Gasteiger partial charge in [-0.1, -0.05) is 6.07 Å². The van der Waals surface area contributed by atoms with E-state index in [1.165, 1.54) is 0 Å². The Hall–Kier alpha value is -2.50. The minimum Gasteiger partial charge on any atom is -0.360 e. The van der Waals surface area contributed by atoms with Gasteiger partial charge in [0, 0.05) is 30.7 Å². The fraction of sp³-hybridized carbons (Fsp3) is 0.167. The molecule has 1 N–H and O–H groups in total. The van der Waals surface area contributed by atoms with Crippen LogP contribution in [0.25, 0.3) is 0 Å². The van der Waals surface area contributed by atoms with Crippen molar-refractivity contribution in [2.75, 3.05) is 5.32 Å². The lowest BCUT2D eigenvalue weighted by atomic mass is 10.2. The molecule has 0 saturated heterocycles. The number of aromatic nitrogens is 2. The molecule has 0 unspecified atom stereocenters. The molecule has 18 heavy (non-hydrogen) atoms. The predicted octanol–water partition coefficient (Wildman–Crippen LogP) is 2.31. The van der Waals surface area contributed by atoms with Gasteiger partial charge in [0.2, 0.25) is 5.82 Å². The van der Waals surface area contributed by atoms with Gasteiger partial charge in [-0.05, 0) is 24.6 Å². The van der Waals surface area contributed by atoms with E-state index >= 15 is 0 Å². The summed E-state index contributed by atoms with van der Waals surface area (Å²) in [7, 11) is 0. The lowest BCUT2D eigenvalue weighted by Crippen LogP contribution is -2.05. The smallest absolute Gasteiger partial charge is 0.314 e. The number of nitrogens with zero attached hydrogens (tertiary/aromatic N) is 3. The number of pyridine rings is 2.